The summed E-state index contributed by atoms with van der Waals surface area (Å²) in [7, 11) is 0. The molecule has 17 heavy (non-hydrogen) atoms. The summed E-state index contributed by atoms with van der Waals surface area (Å²) < 4.78 is 0. The second-order valence-electron chi connectivity index (χ2n) is 4.08. The van der Waals surface area contributed by atoms with Gasteiger partial charge < -0.3 is 5.32 Å². The van der Waals surface area contributed by atoms with Crippen molar-refractivity contribution in [1.82, 2.24) is 5.32 Å². The molecule has 1 aromatic carbocycles. The highest BCUT2D eigenvalue weighted by Crippen LogP contribution is 2.06. The maximum Gasteiger partial charge on any atom is 0.0991 e. The molecular weight excluding hydrogens is 228 g/mol. The van der Waals surface area contributed by atoms with Gasteiger partial charge in [0.25, 0.3) is 0 Å². The predicted octanol–water partition coefficient (Wildman–Crippen LogP) is 3.18. The van der Waals surface area contributed by atoms with Crippen molar-refractivity contribution in [3.8, 4) is 6.07 Å². The first kappa shape index (κ1) is 14.1. The van der Waals surface area contributed by atoms with E-state index in [2.05, 4.69) is 31.3 Å². The van der Waals surface area contributed by atoms with E-state index < -0.39 is 0 Å². The second kappa shape index (κ2) is 8.16. The Morgan fingerprint density at radius 2 is 2.29 bits per heavy atom. The molecule has 0 amide bonds. The smallest absolute Gasteiger partial charge is 0.0991 e. The molecule has 3 heteroatoms. The number of hydrogen-bond acceptors (Lipinski definition) is 3. The molecule has 0 saturated heterocycles. The fourth-order valence-corrected chi connectivity index (χ4v) is 2.36. The summed E-state index contributed by atoms with van der Waals surface area (Å²) in [5.74, 6) is 2.40. The summed E-state index contributed by atoms with van der Waals surface area (Å²) in [5.41, 5.74) is 1.91. The minimum atomic E-state index is 0.528. The number of nitrogens with zero attached hydrogens (tertiary/aromatic N) is 1. The molecule has 0 bridgehead atoms. The van der Waals surface area contributed by atoms with Crippen LogP contribution in [0.1, 0.15) is 31.4 Å². The summed E-state index contributed by atoms with van der Waals surface area (Å²) in [4.78, 5) is 0. The molecule has 1 unspecified atom stereocenters. The van der Waals surface area contributed by atoms with Gasteiger partial charge in [-0.25, -0.2) is 0 Å². The van der Waals surface area contributed by atoms with Crippen molar-refractivity contribution < 1.29 is 0 Å². The molecule has 1 atom stereocenters. The average molecular weight is 248 g/mol. The summed E-state index contributed by atoms with van der Waals surface area (Å²) in [5, 5.41) is 12.3. The summed E-state index contributed by atoms with van der Waals surface area (Å²) >= 11 is 1.98. The van der Waals surface area contributed by atoms with Gasteiger partial charge in [0.15, 0.2) is 0 Å². The van der Waals surface area contributed by atoms with Crippen molar-refractivity contribution in [2.45, 2.75) is 32.9 Å². The van der Waals surface area contributed by atoms with Crippen molar-refractivity contribution >= 4 is 11.8 Å². The normalized spacial score (nSPS) is 12.1. The Kier molecular flexibility index (Phi) is 6.76. The van der Waals surface area contributed by atoms with Gasteiger partial charge in [-0.15, -0.1) is 0 Å². The topological polar surface area (TPSA) is 35.8 Å². The van der Waals surface area contributed by atoms with Crippen molar-refractivity contribution in [2.24, 2.45) is 0 Å². The van der Waals surface area contributed by atoms with E-state index >= 15 is 0 Å². The molecule has 0 aliphatic heterocycles. The Morgan fingerprint density at radius 3 is 3.00 bits per heavy atom. The quantitative estimate of drug-likeness (QED) is 0.753. The van der Waals surface area contributed by atoms with Crippen LogP contribution in [0, 0.1) is 11.3 Å². The molecule has 0 aromatic heterocycles. The molecule has 2 nitrogen and oxygen atoms in total. The Balaban J connectivity index is 2.32. The van der Waals surface area contributed by atoms with Crippen LogP contribution in [-0.4, -0.2) is 17.5 Å². The summed E-state index contributed by atoms with van der Waals surface area (Å²) in [6, 6.07) is 10.5. The van der Waals surface area contributed by atoms with Gasteiger partial charge in [-0.1, -0.05) is 19.1 Å². The molecule has 1 N–H and O–H groups in total. The highest BCUT2D eigenvalue weighted by atomic mass is 32.2. The van der Waals surface area contributed by atoms with E-state index in [9.17, 15) is 0 Å². The number of nitriles is 1. The standard InChI is InChI=1S/C14H20N2S/c1-3-17-8-7-12(2)16-11-14-6-4-5-13(9-14)10-15/h4-6,9,12,16H,3,7-8,11H2,1-2H3. The third kappa shape index (κ3) is 5.76. The zero-order valence-corrected chi connectivity index (χ0v) is 11.4. The molecular formula is C14H20N2S. The molecule has 1 rings (SSSR count). The molecule has 0 heterocycles. The summed E-state index contributed by atoms with van der Waals surface area (Å²) in [6.07, 6.45) is 1.19. The molecule has 0 fully saturated rings. The van der Waals surface area contributed by atoms with E-state index in [1.807, 2.05) is 30.0 Å². The SMILES string of the molecule is CCSCCC(C)NCc1cccc(C#N)c1. The first-order valence-electron chi connectivity index (χ1n) is 6.06. The first-order valence-corrected chi connectivity index (χ1v) is 7.22. The van der Waals surface area contributed by atoms with Crippen molar-refractivity contribution in [1.29, 1.82) is 5.26 Å². The van der Waals surface area contributed by atoms with Crippen LogP contribution in [0.2, 0.25) is 0 Å². The molecule has 1 aromatic rings. The van der Waals surface area contributed by atoms with Gasteiger partial charge >= 0.3 is 0 Å². The van der Waals surface area contributed by atoms with Gasteiger partial charge in [-0.3, -0.25) is 0 Å². The molecule has 0 radical (unpaired) electrons. The summed E-state index contributed by atoms with van der Waals surface area (Å²) in [6.45, 7) is 5.24. The largest absolute Gasteiger partial charge is 0.310 e. The van der Waals surface area contributed by atoms with Gasteiger partial charge in [0, 0.05) is 12.6 Å². The van der Waals surface area contributed by atoms with Crippen LogP contribution in [-0.2, 0) is 6.54 Å². The van der Waals surface area contributed by atoms with Crippen LogP contribution in [0.5, 0.6) is 0 Å². The molecule has 0 saturated carbocycles. The number of rotatable bonds is 7. The van der Waals surface area contributed by atoms with Crippen molar-refractivity contribution in [2.75, 3.05) is 11.5 Å². The minimum Gasteiger partial charge on any atom is -0.310 e. The second-order valence-corrected chi connectivity index (χ2v) is 5.47. The zero-order valence-electron chi connectivity index (χ0n) is 10.6. The number of thioether (sulfide) groups is 1. The lowest BCUT2D eigenvalue weighted by atomic mass is 10.1. The third-order valence-corrected chi connectivity index (χ3v) is 3.54. The van der Waals surface area contributed by atoms with E-state index in [0.29, 0.717) is 6.04 Å². The monoisotopic (exact) mass is 248 g/mol. The third-order valence-electron chi connectivity index (χ3n) is 2.61. The lowest BCUT2D eigenvalue weighted by Crippen LogP contribution is -2.26. The first-order chi connectivity index (χ1) is 8.26. The van der Waals surface area contributed by atoms with E-state index in [1.165, 1.54) is 23.5 Å². The Morgan fingerprint density at radius 1 is 1.47 bits per heavy atom. The Hall–Kier alpha value is -0.980. The van der Waals surface area contributed by atoms with Gasteiger partial charge in [-0.05, 0) is 42.5 Å². The molecule has 0 aliphatic rings. The van der Waals surface area contributed by atoms with Gasteiger partial charge in [0.2, 0.25) is 0 Å². The van der Waals surface area contributed by atoms with Gasteiger partial charge in [0.1, 0.15) is 0 Å². The van der Waals surface area contributed by atoms with E-state index in [-0.39, 0.29) is 0 Å². The number of hydrogen-bond donors (Lipinski definition) is 1. The maximum atomic E-state index is 8.81. The van der Waals surface area contributed by atoms with E-state index in [1.54, 1.807) is 0 Å². The highest BCUT2D eigenvalue weighted by Gasteiger charge is 2.01. The minimum absolute atomic E-state index is 0.528. The lowest BCUT2D eigenvalue weighted by molar-refractivity contribution is 0.537. The molecule has 0 spiro atoms. The average Bonchev–Trinajstić information content (AvgIpc) is 2.37. The maximum absolute atomic E-state index is 8.81. The predicted molar refractivity (Wildman–Crippen MR) is 75.1 cm³/mol. The highest BCUT2D eigenvalue weighted by molar-refractivity contribution is 7.99. The Bertz CT molecular complexity index is 371. The number of benzene rings is 1. The Labute approximate surface area is 108 Å². The van der Waals surface area contributed by atoms with Gasteiger partial charge in [0.05, 0.1) is 11.6 Å². The van der Waals surface area contributed by atoms with Gasteiger partial charge in [-0.2, -0.15) is 17.0 Å². The fraction of sp³-hybridized carbons (Fsp3) is 0.500. The molecule has 92 valence electrons. The number of nitrogens with one attached hydrogen (secondary N) is 1. The van der Waals surface area contributed by atoms with E-state index in [0.717, 1.165) is 12.1 Å². The zero-order chi connectivity index (χ0) is 12.5. The van der Waals surface area contributed by atoms with Crippen LogP contribution in [0.4, 0.5) is 0 Å². The van der Waals surface area contributed by atoms with Crippen LogP contribution >= 0.6 is 11.8 Å². The van der Waals surface area contributed by atoms with E-state index in [4.69, 9.17) is 5.26 Å². The van der Waals surface area contributed by atoms with Crippen LogP contribution in [0.25, 0.3) is 0 Å². The van der Waals surface area contributed by atoms with Crippen LogP contribution in [0.15, 0.2) is 24.3 Å². The van der Waals surface area contributed by atoms with Crippen molar-refractivity contribution in [3.05, 3.63) is 35.4 Å². The van der Waals surface area contributed by atoms with Crippen LogP contribution in [0.3, 0.4) is 0 Å². The molecule has 0 aliphatic carbocycles. The van der Waals surface area contributed by atoms with Crippen LogP contribution < -0.4 is 5.32 Å². The van der Waals surface area contributed by atoms with Crippen molar-refractivity contribution in [3.63, 3.8) is 0 Å². The fourth-order valence-electron chi connectivity index (χ4n) is 1.55. The lowest BCUT2D eigenvalue weighted by Gasteiger charge is -2.13.